The molecular weight excluding hydrogens is 250 g/mol. The Balaban J connectivity index is 2.29. The third kappa shape index (κ3) is 2.73. The molecule has 94 valence electrons. The molecule has 0 aliphatic carbocycles. The molecule has 0 spiro atoms. The molecule has 1 N–H and O–H groups in total. The molecular formula is C13H13NO3S. The van der Waals surface area contributed by atoms with Gasteiger partial charge in [0.25, 0.3) is 0 Å². The number of benzene rings is 1. The highest BCUT2D eigenvalue weighted by molar-refractivity contribution is 8.15. The summed E-state index contributed by atoms with van der Waals surface area (Å²) in [6.45, 7) is 2.00. The molecule has 1 aromatic carbocycles. The number of thioether (sulfide) groups is 1. The van der Waals surface area contributed by atoms with Crippen molar-refractivity contribution in [1.82, 2.24) is 0 Å². The average Bonchev–Trinajstić information content (AvgIpc) is 2.72. The second-order valence-corrected chi connectivity index (χ2v) is 4.55. The number of ether oxygens (including phenoxy) is 1. The first-order valence-corrected chi connectivity index (χ1v) is 6.57. The van der Waals surface area contributed by atoms with Crippen molar-refractivity contribution in [2.24, 2.45) is 4.99 Å². The zero-order valence-corrected chi connectivity index (χ0v) is 10.7. The quantitative estimate of drug-likeness (QED) is 0.852. The van der Waals surface area contributed by atoms with E-state index in [1.807, 2.05) is 30.3 Å². The molecule has 0 unspecified atom stereocenters. The predicted octanol–water partition coefficient (Wildman–Crippen LogP) is 2.84. The molecule has 0 aromatic heterocycles. The number of hydrogen-bond donors (Lipinski definition) is 1. The van der Waals surface area contributed by atoms with Crippen LogP contribution < -0.4 is 0 Å². The summed E-state index contributed by atoms with van der Waals surface area (Å²) in [4.78, 5) is 16.1. The van der Waals surface area contributed by atoms with Crippen molar-refractivity contribution in [1.29, 1.82) is 0 Å². The summed E-state index contributed by atoms with van der Waals surface area (Å²) in [6.07, 6.45) is 0. The van der Waals surface area contributed by atoms with Crippen LogP contribution in [0.1, 0.15) is 6.92 Å². The molecule has 0 amide bonds. The second-order valence-electron chi connectivity index (χ2n) is 3.58. The minimum atomic E-state index is -0.519. The van der Waals surface area contributed by atoms with E-state index in [0.717, 1.165) is 5.69 Å². The van der Waals surface area contributed by atoms with E-state index in [1.165, 1.54) is 11.8 Å². The number of carbonyl (C=O) groups is 1. The highest BCUT2D eigenvalue weighted by Crippen LogP contribution is 2.29. The van der Waals surface area contributed by atoms with Gasteiger partial charge in [0.1, 0.15) is 16.4 Å². The van der Waals surface area contributed by atoms with Crippen LogP contribution in [0.3, 0.4) is 0 Å². The number of aliphatic hydroxyl groups is 1. The summed E-state index contributed by atoms with van der Waals surface area (Å²) in [5.74, 6) is -0.123. The van der Waals surface area contributed by atoms with Gasteiger partial charge in [-0.2, -0.15) is 0 Å². The van der Waals surface area contributed by atoms with Crippen LogP contribution in [0.5, 0.6) is 0 Å². The lowest BCUT2D eigenvalue weighted by Gasteiger charge is -2.04. The van der Waals surface area contributed by atoms with Gasteiger partial charge in [-0.15, -0.1) is 0 Å². The van der Waals surface area contributed by atoms with Gasteiger partial charge in [0.15, 0.2) is 0 Å². The molecule has 1 heterocycles. The van der Waals surface area contributed by atoms with Gasteiger partial charge in [-0.25, -0.2) is 9.79 Å². The van der Waals surface area contributed by atoms with E-state index in [1.54, 1.807) is 6.92 Å². The van der Waals surface area contributed by atoms with E-state index in [4.69, 9.17) is 4.74 Å². The van der Waals surface area contributed by atoms with Crippen molar-refractivity contribution in [3.05, 3.63) is 41.7 Å². The molecule has 0 bridgehead atoms. The monoisotopic (exact) mass is 263 g/mol. The molecule has 0 saturated heterocycles. The van der Waals surface area contributed by atoms with Gasteiger partial charge in [-0.05, 0) is 19.1 Å². The summed E-state index contributed by atoms with van der Waals surface area (Å²) >= 11 is 1.33. The Morgan fingerprint density at radius 2 is 2.17 bits per heavy atom. The first-order chi connectivity index (χ1) is 8.72. The fourth-order valence-electron chi connectivity index (χ4n) is 1.52. The summed E-state index contributed by atoms with van der Waals surface area (Å²) in [6, 6.07) is 9.31. The number of hydrogen-bond acceptors (Lipinski definition) is 5. The van der Waals surface area contributed by atoms with Gasteiger partial charge in [0.2, 0.25) is 0 Å². The van der Waals surface area contributed by atoms with Gasteiger partial charge in [-0.3, -0.25) is 0 Å². The molecule has 18 heavy (non-hydrogen) atoms. The zero-order valence-electron chi connectivity index (χ0n) is 9.92. The molecule has 2 rings (SSSR count). The maximum atomic E-state index is 11.7. The van der Waals surface area contributed by atoms with Crippen molar-refractivity contribution < 1.29 is 14.6 Å². The third-order valence-electron chi connectivity index (χ3n) is 2.31. The Kier molecular flexibility index (Phi) is 4.04. The largest absolute Gasteiger partial charge is 0.510 e. The van der Waals surface area contributed by atoms with E-state index in [0.29, 0.717) is 10.8 Å². The number of aliphatic imine (C=N–C) groups is 1. The first-order valence-electron chi connectivity index (χ1n) is 5.58. The smallest absolute Gasteiger partial charge is 0.344 e. The number of esters is 1. The van der Waals surface area contributed by atoms with Crippen LogP contribution >= 0.6 is 11.8 Å². The fraction of sp³-hybridized carbons (Fsp3) is 0.231. The second kappa shape index (κ2) is 5.73. The lowest BCUT2D eigenvalue weighted by molar-refractivity contribution is -0.138. The standard InChI is InChI=1S/C13H13NO3S/c1-2-17-13(16)11-10(15)8-18-12(11)14-9-6-4-3-5-7-9/h3-7,15H,2,8H2,1H3. The molecule has 1 aliphatic heterocycles. The Morgan fingerprint density at radius 1 is 1.44 bits per heavy atom. The number of aliphatic hydroxyl groups excluding tert-OH is 1. The van der Waals surface area contributed by atoms with E-state index < -0.39 is 5.97 Å². The molecule has 0 saturated carbocycles. The fourth-order valence-corrected chi connectivity index (χ4v) is 2.45. The maximum absolute atomic E-state index is 11.7. The van der Waals surface area contributed by atoms with Gasteiger partial charge in [0, 0.05) is 0 Å². The molecule has 0 radical (unpaired) electrons. The molecule has 0 atom stereocenters. The Morgan fingerprint density at radius 3 is 2.83 bits per heavy atom. The number of carbonyl (C=O) groups excluding carboxylic acids is 1. The normalized spacial score (nSPS) is 17.3. The highest BCUT2D eigenvalue weighted by atomic mass is 32.2. The van der Waals surface area contributed by atoms with Crippen molar-refractivity contribution in [3.8, 4) is 0 Å². The summed E-state index contributed by atoms with van der Waals surface area (Å²) in [7, 11) is 0. The molecule has 5 heteroatoms. The van der Waals surface area contributed by atoms with E-state index in [-0.39, 0.29) is 17.9 Å². The minimum Gasteiger partial charge on any atom is -0.510 e. The summed E-state index contributed by atoms with van der Waals surface area (Å²) in [5, 5.41) is 10.2. The number of rotatable bonds is 3. The topological polar surface area (TPSA) is 58.9 Å². The Labute approximate surface area is 109 Å². The van der Waals surface area contributed by atoms with Crippen LogP contribution in [-0.4, -0.2) is 28.5 Å². The maximum Gasteiger partial charge on any atom is 0.344 e. The van der Waals surface area contributed by atoms with Crippen molar-refractivity contribution >= 4 is 28.5 Å². The number of para-hydroxylation sites is 1. The van der Waals surface area contributed by atoms with Crippen LogP contribution in [0.4, 0.5) is 5.69 Å². The van der Waals surface area contributed by atoms with Crippen molar-refractivity contribution in [2.75, 3.05) is 12.4 Å². The van der Waals surface area contributed by atoms with E-state index in [9.17, 15) is 9.90 Å². The van der Waals surface area contributed by atoms with Gasteiger partial charge in [-0.1, -0.05) is 30.0 Å². The van der Waals surface area contributed by atoms with E-state index in [2.05, 4.69) is 4.99 Å². The predicted molar refractivity (Wildman–Crippen MR) is 72.3 cm³/mol. The summed E-state index contributed by atoms with van der Waals surface area (Å²) in [5.41, 5.74) is 0.933. The average molecular weight is 263 g/mol. The third-order valence-corrected chi connectivity index (χ3v) is 3.30. The molecule has 4 nitrogen and oxygen atoms in total. The Bertz CT molecular complexity index is 508. The van der Waals surface area contributed by atoms with Gasteiger partial charge < -0.3 is 9.84 Å². The number of nitrogens with zero attached hydrogens (tertiary/aromatic N) is 1. The van der Waals surface area contributed by atoms with E-state index >= 15 is 0 Å². The van der Waals surface area contributed by atoms with Crippen molar-refractivity contribution in [3.63, 3.8) is 0 Å². The van der Waals surface area contributed by atoms with Gasteiger partial charge >= 0.3 is 5.97 Å². The van der Waals surface area contributed by atoms with Crippen LogP contribution in [0.2, 0.25) is 0 Å². The molecule has 1 aliphatic rings. The van der Waals surface area contributed by atoms with Crippen LogP contribution in [0.25, 0.3) is 0 Å². The van der Waals surface area contributed by atoms with Gasteiger partial charge in [0.05, 0.1) is 18.0 Å². The van der Waals surface area contributed by atoms with Crippen molar-refractivity contribution in [2.45, 2.75) is 6.92 Å². The first kappa shape index (κ1) is 12.7. The SMILES string of the molecule is CCOC(=O)C1=C(O)CSC1=Nc1ccccc1. The lowest BCUT2D eigenvalue weighted by atomic mass is 10.2. The van der Waals surface area contributed by atoms with Crippen LogP contribution in [-0.2, 0) is 9.53 Å². The Hall–Kier alpha value is -1.75. The zero-order chi connectivity index (χ0) is 13.0. The molecule has 1 aromatic rings. The summed E-state index contributed by atoms with van der Waals surface area (Å²) < 4.78 is 4.91. The van der Waals surface area contributed by atoms with Crippen LogP contribution in [0.15, 0.2) is 46.7 Å². The highest BCUT2D eigenvalue weighted by Gasteiger charge is 2.29. The lowest BCUT2D eigenvalue weighted by Crippen LogP contribution is -2.12. The minimum absolute atomic E-state index is 0.0353. The molecule has 0 fully saturated rings. The van der Waals surface area contributed by atoms with Crippen LogP contribution in [0, 0.1) is 0 Å².